The number of hydrogen-bond donors (Lipinski definition) is 4. The molecule has 9 nitrogen and oxygen atoms in total. The van der Waals surface area contributed by atoms with Gasteiger partial charge in [0.05, 0.1) is 5.56 Å². The van der Waals surface area contributed by atoms with E-state index in [1.54, 1.807) is 30.3 Å². The summed E-state index contributed by atoms with van der Waals surface area (Å²) in [5, 5.41) is 33.2. The molecule has 1 aliphatic rings. The summed E-state index contributed by atoms with van der Waals surface area (Å²) in [5.41, 5.74) is 0.736. The highest BCUT2D eigenvalue weighted by atomic mass is 127. The highest BCUT2D eigenvalue weighted by Crippen LogP contribution is 2.24. The van der Waals surface area contributed by atoms with E-state index in [9.17, 15) is 24.9 Å². The molecule has 3 rings (SSSR count). The predicted octanol–water partition coefficient (Wildman–Crippen LogP) is 0.810. The molecule has 1 fully saturated rings. The van der Waals surface area contributed by atoms with Crippen LogP contribution in [0.25, 0.3) is 0 Å². The monoisotopic (exact) mass is 529 g/mol. The van der Waals surface area contributed by atoms with Gasteiger partial charge >= 0.3 is 5.97 Å². The number of halogens is 1. The van der Waals surface area contributed by atoms with Gasteiger partial charge in [-0.2, -0.15) is 0 Å². The zero-order valence-corrected chi connectivity index (χ0v) is 17.7. The summed E-state index contributed by atoms with van der Waals surface area (Å²) in [6.45, 7) is -0.112. The van der Waals surface area contributed by atoms with Crippen LogP contribution in [0.3, 0.4) is 0 Å². The van der Waals surface area contributed by atoms with E-state index in [1.807, 2.05) is 0 Å². The molecule has 0 radical (unpaired) electrons. The van der Waals surface area contributed by atoms with Crippen LogP contribution >= 0.6 is 23.0 Å². The predicted molar refractivity (Wildman–Crippen MR) is 112 cm³/mol. The fraction of sp³-hybridized carbons (Fsp3) is 0.300. The van der Waals surface area contributed by atoms with Gasteiger partial charge in [0.25, 0.3) is 5.91 Å². The fourth-order valence-corrected chi connectivity index (χ4v) is 3.17. The van der Waals surface area contributed by atoms with Crippen molar-refractivity contribution in [1.82, 2.24) is 5.32 Å². The molecule has 0 aromatic heterocycles. The summed E-state index contributed by atoms with van der Waals surface area (Å²) in [4.78, 5) is 23.7. The fourth-order valence-electron chi connectivity index (χ4n) is 2.92. The molecule has 1 saturated heterocycles. The smallest absolute Gasteiger partial charge is 0.347 e. The third-order valence-electron chi connectivity index (χ3n) is 4.58. The highest BCUT2D eigenvalue weighted by molar-refractivity contribution is 14.1. The molecule has 0 saturated carbocycles. The lowest BCUT2D eigenvalue weighted by atomic mass is 9.98. The maximum atomic E-state index is 12.2. The maximum Gasteiger partial charge on any atom is 0.347 e. The Kier molecular flexibility index (Phi) is 7.61. The summed E-state index contributed by atoms with van der Waals surface area (Å²) < 4.78 is 15.7. The first-order valence-electron chi connectivity index (χ1n) is 9.03. The molecule has 160 valence electrons. The minimum Gasteiger partial charge on any atom is -0.462 e. The Morgan fingerprint density at radius 3 is 2.23 bits per heavy atom. The molecule has 2 aromatic carbocycles. The zero-order chi connectivity index (χ0) is 21.7. The van der Waals surface area contributed by atoms with Crippen LogP contribution in [-0.2, 0) is 7.80 Å². The molecular formula is C20H20INO8. The first-order valence-corrected chi connectivity index (χ1v) is 9.91. The lowest BCUT2D eigenvalue weighted by Crippen LogP contribution is -2.61. The number of rotatable bonds is 6. The minimum atomic E-state index is -1.55. The van der Waals surface area contributed by atoms with Crippen LogP contribution in [0.1, 0.15) is 20.7 Å². The van der Waals surface area contributed by atoms with Crippen LogP contribution in [0, 0.1) is 0 Å². The molecule has 1 heterocycles. The van der Waals surface area contributed by atoms with E-state index in [2.05, 4.69) is 8.38 Å². The van der Waals surface area contributed by atoms with Crippen molar-refractivity contribution in [3.05, 3.63) is 65.7 Å². The van der Waals surface area contributed by atoms with E-state index in [1.165, 1.54) is 47.3 Å². The van der Waals surface area contributed by atoms with E-state index in [0.29, 0.717) is 11.1 Å². The Hall–Kier alpha value is -2.25. The average molecular weight is 529 g/mol. The largest absolute Gasteiger partial charge is 0.462 e. The molecule has 1 amide bonds. The van der Waals surface area contributed by atoms with E-state index in [-0.39, 0.29) is 18.2 Å². The van der Waals surface area contributed by atoms with Crippen molar-refractivity contribution < 1.29 is 37.4 Å². The zero-order valence-electron chi connectivity index (χ0n) is 15.6. The first-order chi connectivity index (χ1) is 14.4. The van der Waals surface area contributed by atoms with Gasteiger partial charge in [0.15, 0.2) is 23.0 Å². The Morgan fingerprint density at radius 1 is 0.933 bits per heavy atom. The van der Waals surface area contributed by atoms with Crippen molar-refractivity contribution in [2.75, 3.05) is 6.54 Å². The van der Waals surface area contributed by atoms with E-state index >= 15 is 0 Å². The lowest BCUT2D eigenvalue weighted by Gasteiger charge is -2.40. The van der Waals surface area contributed by atoms with Gasteiger partial charge in [0, 0.05) is 12.1 Å². The Labute approximate surface area is 186 Å². The van der Waals surface area contributed by atoms with Crippen LogP contribution in [0.4, 0.5) is 0 Å². The molecule has 0 spiro atoms. The number of ether oxygens (including phenoxy) is 2. The molecule has 30 heavy (non-hydrogen) atoms. The number of aliphatic hydroxyl groups excluding tert-OH is 3. The Balaban J connectivity index is 1.64. The standard InChI is InChI=1S/C20H20INO8/c21-30-19(27)12-6-8-13(9-7-12)28-20-17(25)16(24)15(23)14(29-20)10-22-18(26)11-4-2-1-3-5-11/h1-9,14-17,20,23-25H,10H2,(H,22,26)/t14-,15-,16+,17+,20+/m1/s1. The van der Waals surface area contributed by atoms with Crippen LogP contribution in [0.2, 0.25) is 0 Å². The lowest BCUT2D eigenvalue weighted by molar-refractivity contribution is -0.270. The second-order valence-electron chi connectivity index (χ2n) is 6.60. The van der Waals surface area contributed by atoms with Crippen molar-refractivity contribution in [1.29, 1.82) is 0 Å². The quantitative estimate of drug-likeness (QED) is 0.404. The van der Waals surface area contributed by atoms with Crippen molar-refractivity contribution in [3.8, 4) is 5.75 Å². The highest BCUT2D eigenvalue weighted by Gasteiger charge is 2.45. The number of hydrogen-bond acceptors (Lipinski definition) is 8. The van der Waals surface area contributed by atoms with Crippen molar-refractivity contribution in [2.24, 2.45) is 0 Å². The number of carbonyl (C=O) groups is 2. The van der Waals surface area contributed by atoms with Crippen molar-refractivity contribution in [2.45, 2.75) is 30.7 Å². The van der Waals surface area contributed by atoms with Gasteiger partial charge in [-0.1, -0.05) is 18.2 Å². The minimum absolute atomic E-state index is 0.112. The van der Waals surface area contributed by atoms with Crippen molar-refractivity contribution >= 4 is 34.9 Å². The van der Waals surface area contributed by atoms with E-state index < -0.39 is 36.7 Å². The van der Waals surface area contributed by atoms with Gasteiger partial charge in [0.2, 0.25) is 6.29 Å². The van der Waals surface area contributed by atoms with Crippen LogP contribution in [0.5, 0.6) is 5.75 Å². The number of nitrogens with one attached hydrogen (secondary N) is 1. The Morgan fingerprint density at radius 2 is 1.60 bits per heavy atom. The van der Waals surface area contributed by atoms with Gasteiger partial charge in [0.1, 0.15) is 30.2 Å². The number of carbonyl (C=O) groups excluding carboxylic acids is 2. The van der Waals surface area contributed by atoms with Gasteiger partial charge < -0.3 is 33.2 Å². The van der Waals surface area contributed by atoms with Gasteiger partial charge in [-0.3, -0.25) is 4.79 Å². The molecule has 2 aromatic rings. The molecular weight excluding hydrogens is 509 g/mol. The van der Waals surface area contributed by atoms with E-state index in [4.69, 9.17) is 9.47 Å². The molecule has 0 bridgehead atoms. The topological polar surface area (TPSA) is 135 Å². The molecule has 0 unspecified atom stereocenters. The van der Waals surface area contributed by atoms with Crippen LogP contribution in [0.15, 0.2) is 54.6 Å². The summed E-state index contributed by atoms with van der Waals surface area (Å²) >= 11 is 1.48. The first kappa shape index (κ1) is 22.4. The van der Waals surface area contributed by atoms with Crippen molar-refractivity contribution in [3.63, 3.8) is 0 Å². The number of benzene rings is 2. The molecule has 1 aliphatic heterocycles. The number of aliphatic hydroxyl groups is 3. The van der Waals surface area contributed by atoms with Crippen LogP contribution in [-0.4, -0.2) is 64.4 Å². The summed E-state index contributed by atoms with van der Waals surface area (Å²) in [6.07, 6.45) is -6.83. The second-order valence-corrected chi connectivity index (χ2v) is 7.04. The summed E-state index contributed by atoms with van der Waals surface area (Å²) in [5.74, 6) is -0.634. The molecule has 0 aliphatic carbocycles. The molecule has 5 atom stereocenters. The third-order valence-corrected chi connectivity index (χ3v) is 4.98. The molecule has 10 heteroatoms. The summed E-state index contributed by atoms with van der Waals surface area (Å²) in [7, 11) is 0. The van der Waals surface area contributed by atoms with Gasteiger partial charge in [-0.05, 0) is 36.4 Å². The Bertz CT molecular complexity index is 863. The van der Waals surface area contributed by atoms with E-state index in [0.717, 1.165) is 0 Å². The average Bonchev–Trinajstić information content (AvgIpc) is 2.79. The SMILES string of the molecule is O=C(NC[C@H]1O[C@H](Oc2ccc(C(=O)OI)cc2)[C@@H](O)[C@@H](O)[C@@H]1O)c1ccccc1. The van der Waals surface area contributed by atoms with Gasteiger partial charge in [-0.25, -0.2) is 4.79 Å². The molecule has 4 N–H and O–H groups in total. The number of amides is 1. The normalized spacial score (nSPS) is 25.9. The second kappa shape index (κ2) is 10.2. The van der Waals surface area contributed by atoms with Crippen LogP contribution < -0.4 is 10.1 Å². The maximum absolute atomic E-state index is 12.2. The summed E-state index contributed by atoms with van der Waals surface area (Å²) in [6, 6.07) is 14.4. The third kappa shape index (κ3) is 5.26. The van der Waals surface area contributed by atoms with Gasteiger partial charge in [-0.15, -0.1) is 0 Å².